The van der Waals surface area contributed by atoms with Gasteiger partial charge in [0.15, 0.2) is 6.10 Å². The van der Waals surface area contributed by atoms with Crippen molar-refractivity contribution in [2.75, 3.05) is 13.2 Å². The fourth-order valence-electron chi connectivity index (χ4n) is 7.11. The zero-order valence-electron chi connectivity index (χ0n) is 42.7. The lowest BCUT2D eigenvalue weighted by molar-refractivity contribution is -0.166. The van der Waals surface area contributed by atoms with E-state index in [1.54, 1.807) is 0 Å². The van der Waals surface area contributed by atoms with Crippen molar-refractivity contribution < 1.29 is 28.6 Å². The molecule has 1 atom stereocenters. The van der Waals surface area contributed by atoms with Gasteiger partial charge in [0.2, 0.25) is 0 Å². The second kappa shape index (κ2) is 53.7. The summed E-state index contributed by atoms with van der Waals surface area (Å²) in [5, 5.41) is 0. The topological polar surface area (TPSA) is 78.9 Å². The molecule has 0 saturated heterocycles. The summed E-state index contributed by atoms with van der Waals surface area (Å²) in [6.07, 6.45) is 72.3. The molecule has 0 aliphatic carbocycles. The smallest absolute Gasteiger partial charge is 0.306 e. The summed E-state index contributed by atoms with van der Waals surface area (Å²) < 4.78 is 16.7. The lowest BCUT2D eigenvalue weighted by Crippen LogP contribution is -2.30. The van der Waals surface area contributed by atoms with Gasteiger partial charge >= 0.3 is 17.9 Å². The number of hydrogen-bond acceptors (Lipinski definition) is 6. The molecule has 0 bridgehead atoms. The molecular formula is C60H98O6. The molecule has 0 N–H and O–H groups in total. The number of esters is 3. The van der Waals surface area contributed by atoms with Crippen LogP contribution in [0, 0.1) is 0 Å². The highest BCUT2D eigenvalue weighted by atomic mass is 16.6. The van der Waals surface area contributed by atoms with Crippen LogP contribution in [0.3, 0.4) is 0 Å². The molecule has 0 radical (unpaired) electrons. The maximum Gasteiger partial charge on any atom is 0.306 e. The third-order valence-corrected chi connectivity index (χ3v) is 11.2. The Hall–Kier alpha value is -3.93. The molecule has 66 heavy (non-hydrogen) atoms. The van der Waals surface area contributed by atoms with E-state index >= 15 is 0 Å². The van der Waals surface area contributed by atoms with E-state index in [4.69, 9.17) is 14.2 Å². The zero-order valence-corrected chi connectivity index (χ0v) is 42.7. The van der Waals surface area contributed by atoms with Gasteiger partial charge in [-0.15, -0.1) is 0 Å². The molecule has 0 aromatic rings. The Labute approximate surface area is 406 Å². The van der Waals surface area contributed by atoms with E-state index in [2.05, 4.69) is 63.3 Å². The molecule has 0 heterocycles. The van der Waals surface area contributed by atoms with Gasteiger partial charge in [-0.25, -0.2) is 0 Å². The van der Waals surface area contributed by atoms with Crippen molar-refractivity contribution in [1.82, 2.24) is 0 Å². The molecule has 0 saturated carbocycles. The summed E-state index contributed by atoms with van der Waals surface area (Å²) in [4.78, 5) is 38.0. The van der Waals surface area contributed by atoms with Crippen molar-refractivity contribution in [3.63, 3.8) is 0 Å². The first-order valence-electron chi connectivity index (χ1n) is 27.0. The standard InChI is InChI=1S/C60H98O6/c1-4-7-10-13-16-19-22-25-27-29-31-32-35-38-41-44-47-50-53-59(62)65-56-57(55-64-58(61)52-49-46-43-40-37-34-24-21-18-15-12-9-6-3)66-60(63)54-51-48-45-42-39-36-33-30-28-26-23-20-17-14-11-8-5-2/h8,11,14,17,20,23,26,28,30-34,36-37,39,43,46,57H,4-7,9-10,12-13,15-16,18-19,21-22,24-25,27,29,35,38,40-42,44-45,47-56H2,1-3H3/b11-8-,17-14-,23-20-,28-26-,32-31-,33-30+,37-34-,39-36-,46-43-. The Balaban J connectivity index is 4.54. The SMILES string of the molecule is CC\C=C/C=C\C=C/C=C\C=C\C=C/CCCCCC(=O)OC(COC(=O)CC/C=C\C/C=C\CCCCCCCC)COC(=O)CCCCCCC/C=C\CCCCCCCCCCC. The maximum absolute atomic E-state index is 12.8. The quantitative estimate of drug-likeness (QED) is 0.0199. The van der Waals surface area contributed by atoms with E-state index in [0.717, 1.165) is 70.6 Å². The molecule has 0 rings (SSSR count). The second-order valence-corrected chi connectivity index (χ2v) is 17.5. The maximum atomic E-state index is 12.8. The largest absolute Gasteiger partial charge is 0.462 e. The van der Waals surface area contributed by atoms with E-state index in [-0.39, 0.29) is 44.0 Å². The van der Waals surface area contributed by atoms with E-state index in [1.165, 1.54) is 109 Å². The number of allylic oxidation sites excluding steroid dienone is 18. The normalized spacial score (nSPS) is 13.0. The summed E-state index contributed by atoms with van der Waals surface area (Å²) >= 11 is 0. The lowest BCUT2D eigenvalue weighted by atomic mass is 10.1. The first kappa shape index (κ1) is 62.1. The number of carbonyl (C=O) groups excluding carboxylic acids is 3. The van der Waals surface area contributed by atoms with Crippen molar-refractivity contribution >= 4 is 17.9 Å². The molecule has 0 amide bonds. The van der Waals surface area contributed by atoms with E-state index < -0.39 is 6.10 Å². The Morgan fingerprint density at radius 3 is 1.17 bits per heavy atom. The Bertz CT molecular complexity index is 1370. The molecule has 1 unspecified atom stereocenters. The Kier molecular flexibility index (Phi) is 50.5. The molecule has 0 spiro atoms. The van der Waals surface area contributed by atoms with E-state index in [1.807, 2.05) is 66.8 Å². The molecule has 6 heteroatoms. The average Bonchev–Trinajstić information content (AvgIpc) is 3.31. The molecular weight excluding hydrogens is 817 g/mol. The van der Waals surface area contributed by atoms with Crippen LogP contribution >= 0.6 is 0 Å². The summed E-state index contributed by atoms with van der Waals surface area (Å²) in [5.41, 5.74) is 0. The molecule has 0 aliphatic rings. The Morgan fingerprint density at radius 2 is 0.682 bits per heavy atom. The van der Waals surface area contributed by atoms with Gasteiger partial charge in [0.25, 0.3) is 0 Å². The first-order chi connectivity index (χ1) is 32.5. The van der Waals surface area contributed by atoms with Crippen LogP contribution < -0.4 is 0 Å². The van der Waals surface area contributed by atoms with Crippen molar-refractivity contribution in [1.29, 1.82) is 0 Å². The highest BCUT2D eigenvalue weighted by Gasteiger charge is 2.19. The fourth-order valence-corrected chi connectivity index (χ4v) is 7.11. The van der Waals surface area contributed by atoms with Crippen LogP contribution in [0.4, 0.5) is 0 Å². The van der Waals surface area contributed by atoms with E-state index in [9.17, 15) is 14.4 Å². The number of hydrogen-bond donors (Lipinski definition) is 0. The Morgan fingerprint density at radius 1 is 0.333 bits per heavy atom. The van der Waals surface area contributed by atoms with Crippen molar-refractivity contribution in [3.8, 4) is 0 Å². The van der Waals surface area contributed by atoms with Crippen LogP contribution in [0.15, 0.2) is 109 Å². The fraction of sp³-hybridized carbons (Fsp3) is 0.650. The van der Waals surface area contributed by atoms with Crippen molar-refractivity contribution in [2.45, 2.75) is 239 Å². The van der Waals surface area contributed by atoms with Crippen LogP contribution in [0.25, 0.3) is 0 Å². The van der Waals surface area contributed by atoms with Crippen LogP contribution in [-0.2, 0) is 28.6 Å². The molecule has 0 aliphatic heterocycles. The number of rotatable bonds is 47. The second-order valence-electron chi connectivity index (χ2n) is 17.5. The molecule has 0 aromatic heterocycles. The summed E-state index contributed by atoms with van der Waals surface area (Å²) in [6.45, 7) is 6.38. The third-order valence-electron chi connectivity index (χ3n) is 11.2. The van der Waals surface area contributed by atoms with Gasteiger partial charge in [0.1, 0.15) is 13.2 Å². The highest BCUT2D eigenvalue weighted by Crippen LogP contribution is 2.13. The first-order valence-corrected chi connectivity index (χ1v) is 27.0. The van der Waals surface area contributed by atoms with Crippen LogP contribution in [0.2, 0.25) is 0 Å². The zero-order chi connectivity index (χ0) is 47.9. The van der Waals surface area contributed by atoms with Crippen molar-refractivity contribution in [2.24, 2.45) is 0 Å². The summed E-state index contributed by atoms with van der Waals surface area (Å²) in [6, 6.07) is 0. The van der Waals surface area contributed by atoms with Gasteiger partial charge in [-0.3, -0.25) is 14.4 Å². The summed E-state index contributed by atoms with van der Waals surface area (Å²) in [7, 11) is 0. The molecule has 0 aromatic carbocycles. The van der Waals surface area contributed by atoms with Crippen LogP contribution in [0.1, 0.15) is 233 Å². The number of carbonyl (C=O) groups is 3. The van der Waals surface area contributed by atoms with Gasteiger partial charge < -0.3 is 14.2 Å². The molecule has 0 fully saturated rings. The van der Waals surface area contributed by atoms with Crippen LogP contribution in [0.5, 0.6) is 0 Å². The molecule has 374 valence electrons. The predicted octanol–water partition coefficient (Wildman–Crippen LogP) is 17.9. The predicted molar refractivity (Wildman–Crippen MR) is 283 cm³/mol. The summed E-state index contributed by atoms with van der Waals surface area (Å²) in [5.74, 6) is -1.04. The average molecular weight is 915 g/mol. The van der Waals surface area contributed by atoms with Gasteiger partial charge in [0.05, 0.1) is 0 Å². The van der Waals surface area contributed by atoms with Crippen LogP contribution in [-0.4, -0.2) is 37.2 Å². The van der Waals surface area contributed by atoms with Gasteiger partial charge in [-0.05, 0) is 83.5 Å². The minimum Gasteiger partial charge on any atom is -0.462 e. The molecule has 6 nitrogen and oxygen atoms in total. The monoisotopic (exact) mass is 915 g/mol. The highest BCUT2D eigenvalue weighted by molar-refractivity contribution is 5.71. The minimum absolute atomic E-state index is 0.119. The van der Waals surface area contributed by atoms with Gasteiger partial charge in [-0.1, -0.05) is 239 Å². The number of unbranched alkanes of at least 4 members (excludes halogenated alkanes) is 23. The third kappa shape index (κ3) is 51.1. The number of ether oxygens (including phenoxy) is 3. The van der Waals surface area contributed by atoms with E-state index in [0.29, 0.717) is 19.3 Å². The van der Waals surface area contributed by atoms with Crippen molar-refractivity contribution in [3.05, 3.63) is 109 Å². The van der Waals surface area contributed by atoms with Gasteiger partial charge in [-0.2, -0.15) is 0 Å². The lowest BCUT2D eigenvalue weighted by Gasteiger charge is -2.18. The van der Waals surface area contributed by atoms with Gasteiger partial charge in [0, 0.05) is 19.3 Å². The minimum atomic E-state index is -0.829.